The van der Waals surface area contributed by atoms with E-state index >= 15 is 0 Å². The number of aromatic nitrogens is 3. The molecule has 1 aliphatic rings. The summed E-state index contributed by atoms with van der Waals surface area (Å²) >= 11 is 0. The largest absolute Gasteiger partial charge is 0.358 e. The molecule has 0 spiro atoms. The average Bonchev–Trinajstić information content (AvgIpc) is 3.19. The van der Waals surface area contributed by atoms with Crippen LogP contribution in [0.25, 0.3) is 0 Å². The first kappa shape index (κ1) is 16.7. The fraction of sp³-hybridized carbons (Fsp3) is 0.294. The highest BCUT2D eigenvalue weighted by molar-refractivity contribution is 6.00. The number of hydrogen-bond acceptors (Lipinski definition) is 5. The molecule has 0 aromatic carbocycles. The van der Waals surface area contributed by atoms with E-state index in [1.165, 1.54) is 6.20 Å². The maximum absolute atomic E-state index is 12.5. The van der Waals surface area contributed by atoms with E-state index in [-0.39, 0.29) is 17.9 Å². The van der Waals surface area contributed by atoms with Crippen molar-refractivity contribution >= 4 is 23.3 Å². The Balaban J connectivity index is 1.62. The van der Waals surface area contributed by atoms with Gasteiger partial charge in [0.1, 0.15) is 11.9 Å². The quantitative estimate of drug-likeness (QED) is 0.764. The SMILES string of the molecule is C=CCNC(=O)c1ccc(NC2CCN(c3cnn(C)c3)C2=O)nc1. The van der Waals surface area contributed by atoms with Gasteiger partial charge in [0.05, 0.1) is 17.4 Å². The molecular weight excluding hydrogens is 320 g/mol. The number of carbonyl (C=O) groups is 2. The fourth-order valence-corrected chi connectivity index (χ4v) is 2.68. The van der Waals surface area contributed by atoms with Gasteiger partial charge in [-0.2, -0.15) is 5.10 Å². The van der Waals surface area contributed by atoms with Crippen molar-refractivity contribution in [3.05, 3.63) is 48.9 Å². The summed E-state index contributed by atoms with van der Waals surface area (Å²) in [6.07, 6.45) is 7.27. The zero-order valence-corrected chi connectivity index (χ0v) is 14.0. The third kappa shape index (κ3) is 3.68. The minimum absolute atomic E-state index is 0.0115. The van der Waals surface area contributed by atoms with Gasteiger partial charge in [0, 0.05) is 32.5 Å². The van der Waals surface area contributed by atoms with Crippen LogP contribution in [0.4, 0.5) is 11.5 Å². The number of rotatable bonds is 6. The van der Waals surface area contributed by atoms with Gasteiger partial charge >= 0.3 is 0 Å². The van der Waals surface area contributed by atoms with Crippen molar-refractivity contribution in [3.8, 4) is 0 Å². The molecule has 1 unspecified atom stereocenters. The van der Waals surface area contributed by atoms with Crippen molar-refractivity contribution in [3.63, 3.8) is 0 Å². The third-order valence-electron chi connectivity index (χ3n) is 3.96. The van der Waals surface area contributed by atoms with Crippen LogP contribution in [0.1, 0.15) is 16.8 Å². The van der Waals surface area contributed by atoms with E-state index in [9.17, 15) is 9.59 Å². The van der Waals surface area contributed by atoms with Gasteiger partial charge in [-0.3, -0.25) is 14.3 Å². The molecule has 2 aromatic rings. The summed E-state index contributed by atoms with van der Waals surface area (Å²) in [5.41, 5.74) is 1.25. The molecule has 1 fully saturated rings. The van der Waals surface area contributed by atoms with Gasteiger partial charge in [0.25, 0.3) is 5.91 Å². The summed E-state index contributed by atoms with van der Waals surface area (Å²) in [4.78, 5) is 30.3. The number of hydrogen-bond donors (Lipinski definition) is 2. The molecule has 3 rings (SSSR count). The summed E-state index contributed by atoms with van der Waals surface area (Å²) < 4.78 is 1.67. The van der Waals surface area contributed by atoms with Crippen LogP contribution in [0, 0.1) is 0 Å². The van der Waals surface area contributed by atoms with Crippen LogP contribution in [0.2, 0.25) is 0 Å². The zero-order chi connectivity index (χ0) is 17.8. The van der Waals surface area contributed by atoms with Crippen LogP contribution >= 0.6 is 0 Å². The predicted molar refractivity (Wildman–Crippen MR) is 94.4 cm³/mol. The van der Waals surface area contributed by atoms with Crippen LogP contribution in [0.3, 0.4) is 0 Å². The monoisotopic (exact) mass is 340 g/mol. The van der Waals surface area contributed by atoms with Gasteiger partial charge in [-0.15, -0.1) is 6.58 Å². The molecular formula is C17H20N6O2. The van der Waals surface area contributed by atoms with Crippen molar-refractivity contribution < 1.29 is 9.59 Å². The standard InChI is InChI=1S/C17H20N6O2/c1-3-7-18-16(24)12-4-5-15(19-9-12)21-14-6-8-23(17(14)25)13-10-20-22(2)11-13/h3-5,9-11,14H,1,6-8H2,2H3,(H,18,24)(H,19,21). The molecule has 2 amide bonds. The van der Waals surface area contributed by atoms with E-state index in [4.69, 9.17) is 0 Å². The normalized spacial score (nSPS) is 16.8. The molecule has 0 saturated carbocycles. The van der Waals surface area contributed by atoms with Gasteiger partial charge in [0.15, 0.2) is 0 Å². The number of pyridine rings is 1. The highest BCUT2D eigenvalue weighted by atomic mass is 16.2. The number of nitrogens with one attached hydrogen (secondary N) is 2. The Bertz CT molecular complexity index is 783. The molecule has 1 atom stereocenters. The van der Waals surface area contributed by atoms with Gasteiger partial charge in [-0.05, 0) is 18.6 Å². The molecule has 8 heteroatoms. The molecule has 8 nitrogen and oxygen atoms in total. The number of carbonyl (C=O) groups excluding carboxylic acids is 2. The first-order valence-electron chi connectivity index (χ1n) is 8.00. The van der Waals surface area contributed by atoms with Crippen LogP contribution in [-0.4, -0.2) is 45.7 Å². The second kappa shape index (κ2) is 7.16. The molecule has 2 aromatic heterocycles. The lowest BCUT2D eigenvalue weighted by atomic mass is 10.2. The number of amides is 2. The molecule has 1 aliphatic heterocycles. The van der Waals surface area contributed by atoms with Crippen molar-refractivity contribution in [1.82, 2.24) is 20.1 Å². The molecule has 2 N–H and O–H groups in total. The minimum atomic E-state index is -0.340. The lowest BCUT2D eigenvalue weighted by Gasteiger charge is -2.15. The van der Waals surface area contributed by atoms with E-state index in [2.05, 4.69) is 27.3 Å². The van der Waals surface area contributed by atoms with Crippen LogP contribution in [0.15, 0.2) is 43.4 Å². The number of aryl methyl sites for hydroxylation is 1. The predicted octanol–water partition coefficient (Wildman–Crippen LogP) is 0.948. The highest BCUT2D eigenvalue weighted by Gasteiger charge is 2.33. The summed E-state index contributed by atoms with van der Waals surface area (Å²) in [5.74, 6) is 0.341. The Morgan fingerprint density at radius 2 is 2.28 bits per heavy atom. The van der Waals surface area contributed by atoms with Gasteiger partial charge in [-0.25, -0.2) is 4.98 Å². The maximum atomic E-state index is 12.5. The highest BCUT2D eigenvalue weighted by Crippen LogP contribution is 2.22. The topological polar surface area (TPSA) is 92.2 Å². The molecule has 0 radical (unpaired) electrons. The lowest BCUT2D eigenvalue weighted by molar-refractivity contribution is -0.117. The van der Waals surface area contributed by atoms with Gasteiger partial charge in [-0.1, -0.05) is 6.08 Å². The van der Waals surface area contributed by atoms with E-state index in [0.717, 1.165) is 5.69 Å². The molecule has 3 heterocycles. The third-order valence-corrected chi connectivity index (χ3v) is 3.96. The van der Waals surface area contributed by atoms with Crippen LogP contribution in [0.5, 0.6) is 0 Å². The van der Waals surface area contributed by atoms with E-state index in [0.29, 0.717) is 30.9 Å². The summed E-state index contributed by atoms with van der Waals surface area (Å²) in [6, 6.07) is 3.03. The average molecular weight is 340 g/mol. The zero-order valence-electron chi connectivity index (χ0n) is 14.0. The summed E-state index contributed by atoms with van der Waals surface area (Å²) in [6.45, 7) is 4.58. The minimum Gasteiger partial charge on any atom is -0.358 e. The number of anilines is 2. The maximum Gasteiger partial charge on any atom is 0.253 e. The van der Waals surface area contributed by atoms with Crippen LogP contribution < -0.4 is 15.5 Å². The Morgan fingerprint density at radius 1 is 1.44 bits per heavy atom. The Kier molecular flexibility index (Phi) is 4.78. The van der Waals surface area contributed by atoms with Crippen LogP contribution in [-0.2, 0) is 11.8 Å². The molecule has 1 saturated heterocycles. The van der Waals surface area contributed by atoms with Gasteiger partial charge in [0.2, 0.25) is 5.91 Å². The smallest absolute Gasteiger partial charge is 0.253 e. The van der Waals surface area contributed by atoms with E-state index in [1.807, 2.05) is 13.2 Å². The first-order valence-corrected chi connectivity index (χ1v) is 8.00. The van der Waals surface area contributed by atoms with Crippen molar-refractivity contribution in [1.29, 1.82) is 0 Å². The number of nitrogens with zero attached hydrogens (tertiary/aromatic N) is 4. The molecule has 25 heavy (non-hydrogen) atoms. The second-order valence-corrected chi connectivity index (χ2v) is 5.78. The lowest BCUT2D eigenvalue weighted by Crippen LogP contribution is -2.33. The van der Waals surface area contributed by atoms with E-state index < -0.39 is 0 Å². The second-order valence-electron chi connectivity index (χ2n) is 5.78. The first-order chi connectivity index (χ1) is 12.1. The molecule has 0 bridgehead atoms. The van der Waals surface area contributed by atoms with Crippen molar-refractivity contribution in [2.45, 2.75) is 12.5 Å². The summed E-state index contributed by atoms with van der Waals surface area (Å²) in [7, 11) is 1.82. The fourth-order valence-electron chi connectivity index (χ4n) is 2.68. The molecule has 130 valence electrons. The Morgan fingerprint density at radius 3 is 2.92 bits per heavy atom. The Labute approximate surface area is 145 Å². The van der Waals surface area contributed by atoms with Crippen molar-refractivity contribution in [2.24, 2.45) is 7.05 Å². The van der Waals surface area contributed by atoms with Crippen molar-refractivity contribution in [2.75, 3.05) is 23.3 Å². The molecule has 0 aliphatic carbocycles. The van der Waals surface area contributed by atoms with E-state index in [1.54, 1.807) is 34.0 Å². The Hall–Kier alpha value is -3.16. The van der Waals surface area contributed by atoms with Gasteiger partial charge < -0.3 is 15.5 Å². The summed E-state index contributed by atoms with van der Waals surface area (Å²) in [5, 5.41) is 9.92.